The SMILES string of the molecule is CSCCC(Cc1c(F)cccc1F)NN. The molecule has 0 bridgehead atoms. The summed E-state index contributed by atoms with van der Waals surface area (Å²) in [6.45, 7) is 0. The van der Waals surface area contributed by atoms with E-state index in [1.165, 1.54) is 18.2 Å². The Labute approximate surface area is 98.6 Å². The summed E-state index contributed by atoms with van der Waals surface area (Å²) in [5, 5.41) is 0. The highest BCUT2D eigenvalue weighted by molar-refractivity contribution is 7.98. The van der Waals surface area contributed by atoms with Gasteiger partial charge in [-0.1, -0.05) is 6.07 Å². The molecule has 1 aromatic rings. The van der Waals surface area contributed by atoms with Crippen LogP contribution in [0, 0.1) is 11.6 Å². The third-order valence-electron chi connectivity index (χ3n) is 2.42. The summed E-state index contributed by atoms with van der Waals surface area (Å²) in [6.07, 6.45) is 3.04. The molecular weight excluding hydrogens is 230 g/mol. The smallest absolute Gasteiger partial charge is 0.129 e. The molecule has 0 saturated carbocycles. The maximum atomic E-state index is 13.4. The van der Waals surface area contributed by atoms with E-state index in [4.69, 9.17) is 5.84 Å². The van der Waals surface area contributed by atoms with E-state index in [1.807, 2.05) is 6.26 Å². The molecule has 0 aliphatic carbocycles. The third kappa shape index (κ3) is 3.73. The molecule has 5 heteroatoms. The number of nitrogens with two attached hydrogens (primary N) is 1. The van der Waals surface area contributed by atoms with Crippen LogP contribution < -0.4 is 11.3 Å². The molecule has 1 unspecified atom stereocenters. The molecule has 0 aromatic heterocycles. The number of benzene rings is 1. The second kappa shape index (κ2) is 6.83. The Hall–Kier alpha value is -0.650. The summed E-state index contributed by atoms with van der Waals surface area (Å²) < 4.78 is 26.7. The van der Waals surface area contributed by atoms with Gasteiger partial charge in [-0.3, -0.25) is 11.3 Å². The molecule has 1 rings (SSSR count). The fraction of sp³-hybridized carbons (Fsp3) is 0.455. The predicted octanol–water partition coefficient (Wildman–Crippen LogP) is 2.09. The van der Waals surface area contributed by atoms with Crippen molar-refractivity contribution in [3.05, 3.63) is 35.4 Å². The Kier molecular flexibility index (Phi) is 5.73. The van der Waals surface area contributed by atoms with Crippen LogP contribution in [0.15, 0.2) is 18.2 Å². The van der Waals surface area contributed by atoms with Crippen molar-refractivity contribution in [2.75, 3.05) is 12.0 Å². The maximum Gasteiger partial charge on any atom is 0.129 e. The van der Waals surface area contributed by atoms with Crippen molar-refractivity contribution in [2.24, 2.45) is 5.84 Å². The fourth-order valence-electron chi connectivity index (χ4n) is 1.48. The van der Waals surface area contributed by atoms with Crippen molar-refractivity contribution in [1.82, 2.24) is 5.43 Å². The standard InChI is InChI=1S/C11H16F2N2S/c1-16-6-5-8(15-14)7-9-10(12)3-2-4-11(9)13/h2-4,8,15H,5-7,14H2,1H3. The van der Waals surface area contributed by atoms with Gasteiger partial charge in [-0.05, 0) is 37.0 Å². The zero-order valence-corrected chi connectivity index (χ0v) is 9.99. The van der Waals surface area contributed by atoms with Crippen molar-refractivity contribution in [3.8, 4) is 0 Å². The van der Waals surface area contributed by atoms with Gasteiger partial charge in [0.05, 0.1) is 0 Å². The molecule has 90 valence electrons. The number of halogens is 2. The van der Waals surface area contributed by atoms with Crippen molar-refractivity contribution < 1.29 is 8.78 Å². The second-order valence-electron chi connectivity index (χ2n) is 3.55. The van der Waals surface area contributed by atoms with Crippen LogP contribution in [0.25, 0.3) is 0 Å². The van der Waals surface area contributed by atoms with Crippen LogP contribution in [0.2, 0.25) is 0 Å². The highest BCUT2D eigenvalue weighted by Gasteiger charge is 2.14. The molecule has 0 aliphatic heterocycles. The van der Waals surface area contributed by atoms with E-state index in [0.717, 1.165) is 12.2 Å². The lowest BCUT2D eigenvalue weighted by atomic mass is 10.0. The van der Waals surface area contributed by atoms with Gasteiger partial charge in [-0.25, -0.2) is 8.78 Å². The van der Waals surface area contributed by atoms with E-state index in [9.17, 15) is 8.78 Å². The summed E-state index contributed by atoms with van der Waals surface area (Å²) >= 11 is 1.68. The van der Waals surface area contributed by atoms with E-state index in [0.29, 0.717) is 0 Å². The Bertz CT molecular complexity index is 314. The first kappa shape index (κ1) is 13.4. The van der Waals surface area contributed by atoms with Crippen LogP contribution in [0.5, 0.6) is 0 Å². The lowest BCUT2D eigenvalue weighted by Crippen LogP contribution is -2.37. The quantitative estimate of drug-likeness (QED) is 0.596. The molecule has 1 aromatic carbocycles. The lowest BCUT2D eigenvalue weighted by molar-refractivity contribution is 0.479. The van der Waals surface area contributed by atoms with Crippen molar-refractivity contribution >= 4 is 11.8 Å². The molecule has 1 atom stereocenters. The number of rotatable bonds is 6. The zero-order valence-electron chi connectivity index (χ0n) is 9.17. The normalized spacial score (nSPS) is 12.8. The van der Waals surface area contributed by atoms with E-state index in [-0.39, 0.29) is 18.0 Å². The Morgan fingerprint density at radius 2 is 2.00 bits per heavy atom. The highest BCUT2D eigenvalue weighted by Crippen LogP contribution is 2.15. The number of hydrogen-bond donors (Lipinski definition) is 2. The predicted molar refractivity (Wildman–Crippen MR) is 64.2 cm³/mol. The number of hydrogen-bond acceptors (Lipinski definition) is 3. The van der Waals surface area contributed by atoms with Gasteiger partial charge in [0.25, 0.3) is 0 Å². The van der Waals surface area contributed by atoms with E-state index in [2.05, 4.69) is 5.43 Å². The molecule has 0 saturated heterocycles. The van der Waals surface area contributed by atoms with Crippen LogP contribution in [-0.4, -0.2) is 18.1 Å². The molecular formula is C11H16F2N2S. The lowest BCUT2D eigenvalue weighted by Gasteiger charge is -2.16. The summed E-state index contributed by atoms with van der Waals surface area (Å²) in [4.78, 5) is 0. The maximum absolute atomic E-state index is 13.4. The van der Waals surface area contributed by atoms with Gasteiger partial charge in [0.1, 0.15) is 11.6 Å². The highest BCUT2D eigenvalue weighted by atomic mass is 32.2. The van der Waals surface area contributed by atoms with E-state index < -0.39 is 11.6 Å². The van der Waals surface area contributed by atoms with Gasteiger partial charge in [0, 0.05) is 11.6 Å². The second-order valence-corrected chi connectivity index (χ2v) is 4.53. The van der Waals surface area contributed by atoms with Crippen LogP contribution in [0.3, 0.4) is 0 Å². The number of hydrazine groups is 1. The van der Waals surface area contributed by atoms with Crippen LogP contribution >= 0.6 is 11.8 Å². The van der Waals surface area contributed by atoms with Gasteiger partial charge in [0.2, 0.25) is 0 Å². The third-order valence-corrected chi connectivity index (χ3v) is 3.06. The minimum atomic E-state index is -0.510. The molecule has 3 N–H and O–H groups in total. The van der Waals surface area contributed by atoms with Gasteiger partial charge >= 0.3 is 0 Å². The van der Waals surface area contributed by atoms with Crippen molar-refractivity contribution in [1.29, 1.82) is 0 Å². The van der Waals surface area contributed by atoms with Crippen LogP contribution in [0.4, 0.5) is 8.78 Å². The molecule has 0 aliphatic rings. The van der Waals surface area contributed by atoms with E-state index >= 15 is 0 Å². The zero-order chi connectivity index (χ0) is 12.0. The molecule has 0 heterocycles. The summed E-state index contributed by atoms with van der Waals surface area (Å²) in [7, 11) is 0. The van der Waals surface area contributed by atoms with E-state index in [1.54, 1.807) is 11.8 Å². The Morgan fingerprint density at radius 3 is 2.50 bits per heavy atom. The van der Waals surface area contributed by atoms with Crippen LogP contribution in [-0.2, 0) is 6.42 Å². The van der Waals surface area contributed by atoms with Gasteiger partial charge in [-0.2, -0.15) is 11.8 Å². The summed E-state index contributed by atoms with van der Waals surface area (Å²) in [6, 6.07) is 3.79. The molecule has 0 fully saturated rings. The number of nitrogens with one attached hydrogen (secondary N) is 1. The molecule has 0 amide bonds. The first-order chi connectivity index (χ1) is 7.69. The minimum Gasteiger partial charge on any atom is -0.271 e. The molecule has 0 radical (unpaired) electrons. The average Bonchev–Trinajstić information content (AvgIpc) is 2.28. The van der Waals surface area contributed by atoms with Crippen molar-refractivity contribution in [2.45, 2.75) is 18.9 Å². The fourth-order valence-corrected chi connectivity index (χ4v) is 2.00. The first-order valence-electron chi connectivity index (χ1n) is 5.07. The number of thioether (sulfide) groups is 1. The van der Waals surface area contributed by atoms with Gasteiger partial charge in [-0.15, -0.1) is 0 Å². The molecule has 16 heavy (non-hydrogen) atoms. The van der Waals surface area contributed by atoms with Gasteiger partial charge < -0.3 is 0 Å². The average molecular weight is 246 g/mol. The minimum absolute atomic E-state index is 0.0983. The summed E-state index contributed by atoms with van der Waals surface area (Å²) in [5.74, 6) is 5.25. The molecule has 2 nitrogen and oxygen atoms in total. The van der Waals surface area contributed by atoms with Crippen molar-refractivity contribution in [3.63, 3.8) is 0 Å². The molecule has 0 spiro atoms. The Balaban J connectivity index is 2.69. The van der Waals surface area contributed by atoms with Crippen LogP contribution in [0.1, 0.15) is 12.0 Å². The van der Waals surface area contributed by atoms with Gasteiger partial charge in [0.15, 0.2) is 0 Å². The monoisotopic (exact) mass is 246 g/mol. The summed E-state index contributed by atoms with van der Waals surface area (Å²) in [5.41, 5.74) is 2.70. The topological polar surface area (TPSA) is 38.0 Å². The first-order valence-corrected chi connectivity index (χ1v) is 6.46. The Morgan fingerprint density at radius 1 is 1.38 bits per heavy atom. The largest absolute Gasteiger partial charge is 0.271 e.